The highest BCUT2D eigenvalue weighted by molar-refractivity contribution is 8.39. The molecular formula is C29H37N5O3S2. The van der Waals surface area contributed by atoms with Gasteiger partial charge in [0.2, 0.25) is 5.95 Å². The number of anilines is 1. The number of ether oxygens (including phenoxy) is 1. The molecule has 2 N–H and O–H groups in total. The van der Waals surface area contributed by atoms with Crippen LogP contribution in [0.25, 0.3) is 15.8 Å². The third-order valence-corrected chi connectivity index (χ3v) is 9.18. The van der Waals surface area contributed by atoms with Crippen LogP contribution in [0.4, 0.5) is 5.95 Å². The summed E-state index contributed by atoms with van der Waals surface area (Å²) in [5.74, 6) is 1.03. The van der Waals surface area contributed by atoms with Crippen LogP contribution >= 0.6 is 21.9 Å². The van der Waals surface area contributed by atoms with Crippen LogP contribution in [0.1, 0.15) is 57.6 Å². The average Bonchev–Trinajstić information content (AvgIpc) is 3.35. The maximum Gasteiger partial charge on any atom is 0.274 e. The minimum absolute atomic E-state index is 0.115. The van der Waals surface area contributed by atoms with Gasteiger partial charge in [-0.1, -0.05) is 50.7 Å². The van der Waals surface area contributed by atoms with Gasteiger partial charge in [-0.3, -0.25) is 14.1 Å². The van der Waals surface area contributed by atoms with Gasteiger partial charge in [0.1, 0.15) is 11.1 Å². The first-order valence-corrected chi connectivity index (χ1v) is 16.1. The predicted molar refractivity (Wildman–Crippen MR) is 163 cm³/mol. The number of aryl methyl sites for hydroxylation is 1. The number of piperidine rings is 1. The van der Waals surface area contributed by atoms with E-state index in [0.717, 1.165) is 72.5 Å². The highest BCUT2D eigenvalue weighted by atomic mass is 32.3. The highest BCUT2D eigenvalue weighted by Crippen LogP contribution is 2.45. The lowest BCUT2D eigenvalue weighted by Crippen LogP contribution is -2.39. The minimum Gasteiger partial charge on any atom is -0.467 e. The molecule has 1 aromatic carbocycles. The largest absolute Gasteiger partial charge is 0.467 e. The number of allylic oxidation sites excluding steroid dienone is 1. The average molecular weight is 568 g/mol. The summed E-state index contributed by atoms with van der Waals surface area (Å²) in [6.45, 7) is 8.42. The molecule has 208 valence electrons. The molecule has 0 unspecified atom stereocenters. The lowest BCUT2D eigenvalue weighted by molar-refractivity contribution is 0.170. The summed E-state index contributed by atoms with van der Waals surface area (Å²) < 4.78 is 28.6. The van der Waals surface area contributed by atoms with Crippen molar-refractivity contribution >= 4 is 48.7 Å². The number of dihydropyridines is 1. The van der Waals surface area contributed by atoms with Crippen molar-refractivity contribution in [1.29, 1.82) is 0 Å². The normalized spacial score (nSPS) is 17.6. The molecule has 2 aromatic heterocycles. The summed E-state index contributed by atoms with van der Waals surface area (Å²) in [6.07, 6.45) is 12.3. The van der Waals surface area contributed by atoms with Gasteiger partial charge in [-0.2, -0.15) is 0 Å². The van der Waals surface area contributed by atoms with Crippen molar-refractivity contribution in [3.63, 3.8) is 0 Å². The number of aromatic nitrogens is 3. The van der Waals surface area contributed by atoms with Crippen molar-refractivity contribution in [2.45, 2.75) is 59.0 Å². The molecule has 1 saturated heterocycles. The van der Waals surface area contributed by atoms with Gasteiger partial charge in [-0.05, 0) is 53.7 Å². The maximum atomic E-state index is 10.6. The number of benzene rings is 1. The Morgan fingerprint density at radius 3 is 2.67 bits per heavy atom. The van der Waals surface area contributed by atoms with Crippen molar-refractivity contribution in [3.8, 4) is 5.19 Å². The number of fused-ring (bicyclic) bond motifs is 1. The Balaban J connectivity index is 1.22. The summed E-state index contributed by atoms with van der Waals surface area (Å²) in [5.41, 5.74) is 4.19. The second kappa shape index (κ2) is 12.2. The monoisotopic (exact) mass is 567 g/mol. The zero-order chi connectivity index (χ0) is 27.4. The summed E-state index contributed by atoms with van der Waals surface area (Å²) in [7, 11) is -3.05. The van der Waals surface area contributed by atoms with Crippen molar-refractivity contribution in [3.05, 3.63) is 59.3 Å². The van der Waals surface area contributed by atoms with Gasteiger partial charge in [0.15, 0.2) is 0 Å². The SMILES string of the molecule is CCCc1cnc(N2CCC(Oc3nc4ccc(C5=CC(S(O)(O)/C=C/C(C)C)=NCC5)cc4s3)CC2)nc1. The number of hydrogen-bond donors (Lipinski definition) is 2. The number of rotatable bonds is 8. The second-order valence-corrected chi connectivity index (χ2v) is 13.3. The second-order valence-electron chi connectivity index (χ2n) is 10.4. The van der Waals surface area contributed by atoms with Gasteiger partial charge in [0, 0.05) is 50.3 Å². The number of thiazole rings is 1. The van der Waals surface area contributed by atoms with Crippen molar-refractivity contribution in [2.75, 3.05) is 24.5 Å². The minimum atomic E-state index is -3.05. The zero-order valence-electron chi connectivity index (χ0n) is 22.8. The van der Waals surface area contributed by atoms with E-state index in [2.05, 4.69) is 32.9 Å². The molecule has 8 nitrogen and oxygen atoms in total. The van der Waals surface area contributed by atoms with Crippen molar-refractivity contribution in [1.82, 2.24) is 15.0 Å². The molecule has 1 fully saturated rings. The first kappa shape index (κ1) is 27.8. The number of aliphatic imine (C=N–C) groups is 1. The molecule has 0 aliphatic carbocycles. The molecule has 0 spiro atoms. The highest BCUT2D eigenvalue weighted by Gasteiger charge is 2.24. The standard InChI is InChI=1S/C29H37N5O3S2/c1-4-5-21-18-31-28(32-19-21)34-13-9-24(10-14-34)37-29-33-25-7-6-22(16-26(25)38-29)23-8-12-30-27(17-23)39(35,36)15-11-20(2)3/h6-7,11,15-20,24,35-36H,4-5,8-10,12-14H2,1-3H3/b15-11+. The van der Waals surface area contributed by atoms with E-state index in [4.69, 9.17) is 9.72 Å². The molecule has 2 aliphatic rings. The molecule has 4 heterocycles. The van der Waals surface area contributed by atoms with E-state index in [1.807, 2.05) is 50.5 Å². The molecule has 39 heavy (non-hydrogen) atoms. The fraction of sp³-hybridized carbons (Fsp3) is 0.448. The molecule has 0 saturated carbocycles. The molecule has 2 aliphatic heterocycles. The number of hydrogen-bond acceptors (Lipinski definition) is 9. The van der Waals surface area contributed by atoms with Crippen LogP contribution in [0, 0.1) is 5.92 Å². The Morgan fingerprint density at radius 1 is 1.18 bits per heavy atom. The van der Waals surface area contributed by atoms with Crippen LogP contribution in [-0.4, -0.2) is 54.8 Å². The van der Waals surface area contributed by atoms with Gasteiger partial charge in [-0.25, -0.2) is 15.0 Å². The Labute approximate surface area is 235 Å². The maximum absolute atomic E-state index is 10.6. The van der Waals surface area contributed by atoms with E-state index in [0.29, 0.717) is 16.8 Å². The fourth-order valence-electron chi connectivity index (χ4n) is 4.70. The molecule has 3 aromatic rings. The molecule has 5 rings (SSSR count). The summed E-state index contributed by atoms with van der Waals surface area (Å²) in [6, 6.07) is 6.17. The molecule has 0 radical (unpaired) electrons. The predicted octanol–water partition coefficient (Wildman–Crippen LogP) is 7.19. The van der Waals surface area contributed by atoms with Crippen molar-refractivity contribution < 1.29 is 13.8 Å². The third-order valence-electron chi connectivity index (χ3n) is 6.87. The molecule has 0 atom stereocenters. The molecule has 0 amide bonds. The summed E-state index contributed by atoms with van der Waals surface area (Å²) >= 11 is 1.56. The van der Waals surface area contributed by atoms with Crippen LogP contribution < -0.4 is 9.64 Å². The Bertz CT molecular complexity index is 1370. The van der Waals surface area contributed by atoms with E-state index in [-0.39, 0.29) is 12.0 Å². The zero-order valence-corrected chi connectivity index (χ0v) is 24.4. The van der Waals surface area contributed by atoms with Crippen LogP contribution in [-0.2, 0) is 6.42 Å². The van der Waals surface area contributed by atoms with Crippen LogP contribution in [0.15, 0.2) is 53.1 Å². The quantitative estimate of drug-likeness (QED) is 0.297. The van der Waals surface area contributed by atoms with E-state index >= 15 is 0 Å². The van der Waals surface area contributed by atoms with E-state index < -0.39 is 10.6 Å². The fourth-order valence-corrected chi connectivity index (χ4v) is 6.89. The van der Waals surface area contributed by atoms with E-state index in [9.17, 15) is 9.11 Å². The Morgan fingerprint density at radius 2 is 1.95 bits per heavy atom. The third kappa shape index (κ3) is 6.87. The van der Waals surface area contributed by atoms with E-state index in [1.54, 1.807) is 11.3 Å². The van der Waals surface area contributed by atoms with Crippen molar-refractivity contribution in [2.24, 2.45) is 10.9 Å². The number of nitrogens with zero attached hydrogens (tertiary/aromatic N) is 5. The van der Waals surface area contributed by atoms with Gasteiger partial charge >= 0.3 is 0 Å². The first-order valence-electron chi connectivity index (χ1n) is 13.7. The lowest BCUT2D eigenvalue weighted by Gasteiger charge is -2.31. The first-order chi connectivity index (χ1) is 18.8. The Kier molecular flexibility index (Phi) is 8.66. The molecule has 10 heteroatoms. The summed E-state index contributed by atoms with van der Waals surface area (Å²) in [5, 5.41) is 2.53. The summed E-state index contributed by atoms with van der Waals surface area (Å²) in [4.78, 5) is 20.5. The van der Waals surface area contributed by atoms with E-state index in [1.165, 1.54) is 11.0 Å². The van der Waals surface area contributed by atoms with Crippen LogP contribution in [0.3, 0.4) is 0 Å². The smallest absolute Gasteiger partial charge is 0.274 e. The van der Waals surface area contributed by atoms with Crippen LogP contribution in [0.2, 0.25) is 0 Å². The van der Waals surface area contributed by atoms with Gasteiger partial charge in [0.25, 0.3) is 5.19 Å². The molecular weight excluding hydrogens is 530 g/mol. The molecule has 0 bridgehead atoms. The lowest BCUT2D eigenvalue weighted by atomic mass is 10.0. The van der Waals surface area contributed by atoms with Gasteiger partial charge < -0.3 is 9.64 Å². The van der Waals surface area contributed by atoms with Crippen LogP contribution in [0.5, 0.6) is 5.19 Å². The Hall–Kier alpha value is -2.79. The topological polar surface area (TPSA) is 104 Å². The van der Waals surface area contributed by atoms with Gasteiger partial charge in [0.05, 0.1) is 10.2 Å². The van der Waals surface area contributed by atoms with Gasteiger partial charge in [-0.15, -0.1) is 10.6 Å².